The third-order valence-electron chi connectivity index (χ3n) is 4.28. The van der Waals surface area contributed by atoms with Gasteiger partial charge in [-0.3, -0.25) is 9.59 Å². The highest BCUT2D eigenvalue weighted by Gasteiger charge is 2.30. The molecule has 1 aromatic rings. The molecule has 1 saturated heterocycles. The van der Waals surface area contributed by atoms with Gasteiger partial charge in [0.25, 0.3) is 0 Å². The van der Waals surface area contributed by atoms with Crippen molar-refractivity contribution in [2.45, 2.75) is 18.9 Å². The molecule has 2 amide bonds. The first-order valence-electron chi connectivity index (χ1n) is 8.01. The van der Waals surface area contributed by atoms with Gasteiger partial charge in [-0.25, -0.2) is 4.79 Å². The molecule has 1 aliphatic heterocycles. The Morgan fingerprint density at radius 2 is 1.88 bits per heavy atom. The van der Waals surface area contributed by atoms with Crippen LogP contribution in [0.15, 0.2) is 36.9 Å². The summed E-state index contributed by atoms with van der Waals surface area (Å²) in [5, 5.41) is 3.29. The van der Waals surface area contributed by atoms with Gasteiger partial charge >= 0.3 is 5.97 Å². The van der Waals surface area contributed by atoms with Crippen LogP contribution >= 0.6 is 11.6 Å². The fourth-order valence-corrected chi connectivity index (χ4v) is 2.93. The van der Waals surface area contributed by atoms with Gasteiger partial charge in [0.15, 0.2) is 6.04 Å². The monoisotopic (exact) mass is 364 g/mol. The van der Waals surface area contributed by atoms with Gasteiger partial charge in [0.05, 0.1) is 7.11 Å². The van der Waals surface area contributed by atoms with Gasteiger partial charge in [-0.05, 0) is 36.6 Å². The molecule has 1 heterocycles. The second kappa shape index (κ2) is 8.67. The highest BCUT2D eigenvalue weighted by molar-refractivity contribution is 6.30. The standard InChI is InChI=1S/C18H21ClN2O4/c1-3-15(22)21-10-8-13(9-11-21)17(23)20-16(18(24)25-2)12-4-6-14(19)7-5-12/h3-7,13,16H,1,8-11H2,2H3,(H,20,23). The van der Waals surface area contributed by atoms with Crippen LogP contribution in [0, 0.1) is 5.92 Å². The molecule has 6 nitrogen and oxygen atoms in total. The number of hydrogen-bond donors (Lipinski definition) is 1. The number of carbonyl (C=O) groups excluding carboxylic acids is 3. The molecule has 1 aliphatic rings. The lowest BCUT2D eigenvalue weighted by Crippen LogP contribution is -2.44. The number of halogens is 1. The van der Waals surface area contributed by atoms with Crippen molar-refractivity contribution in [3.63, 3.8) is 0 Å². The third-order valence-corrected chi connectivity index (χ3v) is 4.53. The molecule has 1 atom stereocenters. The van der Waals surface area contributed by atoms with Crippen LogP contribution in [0.5, 0.6) is 0 Å². The topological polar surface area (TPSA) is 75.7 Å². The van der Waals surface area contributed by atoms with E-state index in [0.29, 0.717) is 36.5 Å². The van der Waals surface area contributed by atoms with E-state index in [1.54, 1.807) is 29.2 Å². The number of methoxy groups -OCH3 is 1. The van der Waals surface area contributed by atoms with Crippen LogP contribution in [0.3, 0.4) is 0 Å². The summed E-state index contributed by atoms with van der Waals surface area (Å²) in [7, 11) is 1.27. The van der Waals surface area contributed by atoms with E-state index in [-0.39, 0.29) is 17.7 Å². The molecule has 1 fully saturated rings. The predicted octanol–water partition coefficient (Wildman–Crippen LogP) is 2.09. The van der Waals surface area contributed by atoms with E-state index < -0.39 is 12.0 Å². The molecule has 7 heteroatoms. The largest absolute Gasteiger partial charge is 0.467 e. The van der Waals surface area contributed by atoms with E-state index in [9.17, 15) is 14.4 Å². The fourth-order valence-electron chi connectivity index (χ4n) is 2.80. The second-order valence-electron chi connectivity index (χ2n) is 5.82. The number of nitrogens with one attached hydrogen (secondary N) is 1. The fraction of sp³-hybridized carbons (Fsp3) is 0.389. The van der Waals surface area contributed by atoms with E-state index in [1.807, 2.05) is 0 Å². The first kappa shape index (κ1) is 19.0. The maximum absolute atomic E-state index is 12.5. The van der Waals surface area contributed by atoms with E-state index in [2.05, 4.69) is 11.9 Å². The number of esters is 1. The molecule has 0 aliphatic carbocycles. The van der Waals surface area contributed by atoms with Gasteiger partial charge in [-0.2, -0.15) is 0 Å². The van der Waals surface area contributed by atoms with Crippen molar-refractivity contribution in [2.75, 3.05) is 20.2 Å². The Morgan fingerprint density at radius 1 is 1.28 bits per heavy atom. The molecule has 1 N–H and O–H groups in total. The maximum atomic E-state index is 12.5. The summed E-state index contributed by atoms with van der Waals surface area (Å²) in [5.41, 5.74) is 0.601. The van der Waals surface area contributed by atoms with E-state index in [1.165, 1.54) is 13.2 Å². The van der Waals surface area contributed by atoms with Crippen LogP contribution in [0.4, 0.5) is 0 Å². The van der Waals surface area contributed by atoms with E-state index in [0.717, 1.165) is 0 Å². The number of hydrogen-bond acceptors (Lipinski definition) is 4. The Morgan fingerprint density at radius 3 is 2.40 bits per heavy atom. The van der Waals surface area contributed by atoms with Crippen LogP contribution in [0.25, 0.3) is 0 Å². The molecule has 0 spiro atoms. The van der Waals surface area contributed by atoms with Gasteiger partial charge in [-0.1, -0.05) is 30.3 Å². The number of amides is 2. The molecule has 0 bridgehead atoms. The third kappa shape index (κ3) is 4.82. The minimum absolute atomic E-state index is 0.132. The molecular formula is C18H21ClN2O4. The highest BCUT2D eigenvalue weighted by Crippen LogP contribution is 2.22. The number of rotatable bonds is 5. The van der Waals surface area contributed by atoms with Gasteiger partial charge in [-0.15, -0.1) is 0 Å². The number of likely N-dealkylation sites (tertiary alicyclic amines) is 1. The summed E-state index contributed by atoms with van der Waals surface area (Å²) in [5.74, 6) is -1.16. The van der Waals surface area contributed by atoms with Gasteiger partial charge < -0.3 is 15.0 Å². The Kier molecular flexibility index (Phi) is 6.58. The summed E-state index contributed by atoms with van der Waals surface area (Å²) in [6.45, 7) is 4.45. The average Bonchev–Trinajstić information content (AvgIpc) is 2.65. The summed E-state index contributed by atoms with van der Waals surface area (Å²) >= 11 is 5.87. The van der Waals surface area contributed by atoms with Crippen molar-refractivity contribution in [3.8, 4) is 0 Å². The minimum Gasteiger partial charge on any atom is -0.467 e. The Hall–Kier alpha value is -2.34. The van der Waals surface area contributed by atoms with Crippen molar-refractivity contribution >= 4 is 29.4 Å². The zero-order valence-electron chi connectivity index (χ0n) is 14.0. The van der Waals surface area contributed by atoms with Gasteiger partial charge in [0, 0.05) is 24.0 Å². The maximum Gasteiger partial charge on any atom is 0.333 e. The molecule has 1 unspecified atom stereocenters. The smallest absolute Gasteiger partial charge is 0.333 e. The Bertz CT molecular complexity index is 652. The van der Waals surface area contributed by atoms with Gasteiger partial charge in [0.1, 0.15) is 0 Å². The Labute approximate surface area is 151 Å². The van der Waals surface area contributed by atoms with E-state index >= 15 is 0 Å². The average molecular weight is 365 g/mol. The minimum atomic E-state index is -0.886. The molecular weight excluding hydrogens is 344 g/mol. The Balaban J connectivity index is 2.03. The highest BCUT2D eigenvalue weighted by atomic mass is 35.5. The molecule has 2 rings (SSSR count). The number of carbonyl (C=O) groups is 3. The zero-order chi connectivity index (χ0) is 18.4. The molecule has 0 saturated carbocycles. The first-order chi connectivity index (χ1) is 12.0. The van der Waals surface area contributed by atoms with Crippen LogP contribution in [-0.4, -0.2) is 42.9 Å². The van der Waals surface area contributed by atoms with Crippen LogP contribution < -0.4 is 5.32 Å². The summed E-state index contributed by atoms with van der Waals surface area (Å²) < 4.78 is 4.80. The molecule has 0 aromatic heterocycles. The molecule has 134 valence electrons. The number of piperidine rings is 1. The van der Waals surface area contributed by atoms with Crippen molar-refractivity contribution in [2.24, 2.45) is 5.92 Å². The van der Waals surface area contributed by atoms with Crippen molar-refractivity contribution in [3.05, 3.63) is 47.5 Å². The lowest BCUT2D eigenvalue weighted by atomic mass is 9.95. The normalized spacial score (nSPS) is 16.0. The van der Waals surface area contributed by atoms with Crippen molar-refractivity contribution in [1.82, 2.24) is 10.2 Å². The quantitative estimate of drug-likeness (QED) is 0.641. The van der Waals surface area contributed by atoms with Crippen molar-refractivity contribution < 1.29 is 19.1 Å². The molecule has 1 aromatic carbocycles. The lowest BCUT2D eigenvalue weighted by Gasteiger charge is -2.31. The number of ether oxygens (including phenoxy) is 1. The second-order valence-corrected chi connectivity index (χ2v) is 6.26. The van der Waals surface area contributed by atoms with Crippen LogP contribution in [0.2, 0.25) is 5.02 Å². The first-order valence-corrected chi connectivity index (χ1v) is 8.39. The molecule has 0 radical (unpaired) electrons. The lowest BCUT2D eigenvalue weighted by molar-refractivity contribution is -0.146. The van der Waals surface area contributed by atoms with E-state index in [4.69, 9.17) is 16.3 Å². The predicted molar refractivity (Wildman–Crippen MR) is 93.9 cm³/mol. The van der Waals surface area contributed by atoms with Gasteiger partial charge in [0.2, 0.25) is 11.8 Å². The molecule has 25 heavy (non-hydrogen) atoms. The summed E-state index contributed by atoms with van der Waals surface area (Å²) in [6, 6.07) is 5.77. The summed E-state index contributed by atoms with van der Waals surface area (Å²) in [6.07, 6.45) is 2.36. The number of benzene rings is 1. The van der Waals surface area contributed by atoms with Crippen LogP contribution in [0.1, 0.15) is 24.4 Å². The SMILES string of the molecule is C=CC(=O)N1CCC(C(=O)NC(C(=O)OC)c2ccc(Cl)cc2)CC1. The summed E-state index contributed by atoms with van der Waals surface area (Å²) in [4.78, 5) is 37.9. The van der Waals surface area contributed by atoms with Crippen LogP contribution in [-0.2, 0) is 19.1 Å². The number of nitrogens with zero attached hydrogens (tertiary/aromatic N) is 1. The zero-order valence-corrected chi connectivity index (χ0v) is 14.8. The van der Waals surface area contributed by atoms with Crippen molar-refractivity contribution in [1.29, 1.82) is 0 Å².